The minimum absolute atomic E-state index is 0.00625. The van der Waals surface area contributed by atoms with E-state index >= 15 is 0 Å². The number of hydrogen-bond donors (Lipinski definition) is 1. The topological polar surface area (TPSA) is 79.8 Å². The van der Waals surface area contributed by atoms with E-state index in [4.69, 9.17) is 9.52 Å². The highest BCUT2D eigenvalue weighted by molar-refractivity contribution is 5.17. The third kappa shape index (κ3) is 2.80. The van der Waals surface area contributed by atoms with Crippen LogP contribution in [0.1, 0.15) is 19.6 Å². The number of aliphatic hydroxyl groups is 1. The van der Waals surface area contributed by atoms with E-state index in [1.54, 1.807) is 6.07 Å². The maximum atomic E-state index is 10.4. The third-order valence-electron chi connectivity index (χ3n) is 2.64. The van der Waals surface area contributed by atoms with Crippen molar-refractivity contribution in [2.24, 2.45) is 0 Å². The lowest BCUT2D eigenvalue weighted by molar-refractivity contribution is -0.402. The fourth-order valence-electron chi connectivity index (χ4n) is 1.12. The zero-order chi connectivity index (χ0) is 12.3. The van der Waals surface area contributed by atoms with Gasteiger partial charge in [-0.25, -0.2) is 0 Å². The highest BCUT2D eigenvalue weighted by atomic mass is 16.6. The van der Waals surface area contributed by atoms with E-state index < -0.39 is 4.92 Å². The fraction of sp³-hybridized carbons (Fsp3) is 0.600. The van der Waals surface area contributed by atoms with Crippen LogP contribution in [0.3, 0.4) is 0 Å². The fourth-order valence-corrected chi connectivity index (χ4v) is 1.12. The molecule has 0 bridgehead atoms. The molecule has 0 fully saturated rings. The SMILES string of the molecule is CN(Cc1ccc([N+](=O)[O-])o1)C(C)(C)CO. The van der Waals surface area contributed by atoms with Crippen molar-refractivity contribution in [2.75, 3.05) is 13.7 Å². The normalized spacial score (nSPS) is 12.1. The van der Waals surface area contributed by atoms with E-state index in [9.17, 15) is 10.1 Å². The highest BCUT2D eigenvalue weighted by Crippen LogP contribution is 2.20. The van der Waals surface area contributed by atoms with Gasteiger partial charge in [0.25, 0.3) is 0 Å². The summed E-state index contributed by atoms with van der Waals surface area (Å²) in [6.45, 7) is 4.18. The molecular weight excluding hydrogens is 212 g/mol. The van der Waals surface area contributed by atoms with Gasteiger partial charge in [-0.1, -0.05) is 0 Å². The van der Waals surface area contributed by atoms with E-state index in [1.807, 2.05) is 25.8 Å². The Hall–Kier alpha value is -1.40. The summed E-state index contributed by atoms with van der Waals surface area (Å²) in [7, 11) is 1.82. The van der Waals surface area contributed by atoms with Crippen molar-refractivity contribution >= 4 is 5.88 Å². The van der Waals surface area contributed by atoms with Crippen molar-refractivity contribution in [3.05, 3.63) is 28.0 Å². The van der Waals surface area contributed by atoms with Crippen LogP contribution in [0.2, 0.25) is 0 Å². The zero-order valence-corrected chi connectivity index (χ0v) is 9.64. The number of hydrogen-bond acceptors (Lipinski definition) is 5. The number of furan rings is 1. The Kier molecular flexibility index (Phi) is 3.66. The molecule has 0 atom stereocenters. The van der Waals surface area contributed by atoms with Gasteiger partial charge in [-0.3, -0.25) is 15.0 Å². The van der Waals surface area contributed by atoms with Crippen LogP contribution in [0, 0.1) is 10.1 Å². The monoisotopic (exact) mass is 228 g/mol. The van der Waals surface area contributed by atoms with E-state index in [0.29, 0.717) is 12.3 Å². The molecule has 16 heavy (non-hydrogen) atoms. The molecular formula is C10H16N2O4. The first-order valence-electron chi connectivity index (χ1n) is 4.92. The van der Waals surface area contributed by atoms with Gasteiger partial charge in [-0.2, -0.15) is 0 Å². The molecule has 0 aliphatic carbocycles. The maximum Gasteiger partial charge on any atom is 0.433 e. The Balaban J connectivity index is 2.70. The molecule has 0 aliphatic rings. The van der Waals surface area contributed by atoms with E-state index in [-0.39, 0.29) is 18.0 Å². The van der Waals surface area contributed by atoms with Gasteiger partial charge < -0.3 is 9.52 Å². The Bertz CT molecular complexity index is 373. The van der Waals surface area contributed by atoms with Crippen molar-refractivity contribution in [3.8, 4) is 0 Å². The molecule has 1 aromatic heterocycles. The molecule has 1 heterocycles. The second kappa shape index (κ2) is 4.63. The molecule has 0 saturated heterocycles. The summed E-state index contributed by atoms with van der Waals surface area (Å²) in [5.41, 5.74) is -0.387. The van der Waals surface area contributed by atoms with Crippen molar-refractivity contribution in [1.82, 2.24) is 4.90 Å². The van der Waals surface area contributed by atoms with Crippen LogP contribution in [0.15, 0.2) is 16.5 Å². The summed E-state index contributed by atoms with van der Waals surface area (Å²) < 4.78 is 5.03. The predicted molar refractivity (Wildman–Crippen MR) is 58.0 cm³/mol. The molecule has 0 aromatic carbocycles. The molecule has 90 valence electrons. The first kappa shape index (κ1) is 12.7. The molecule has 1 aromatic rings. The number of likely N-dealkylation sites (N-methyl/N-ethyl adjacent to an activating group) is 1. The van der Waals surface area contributed by atoms with Gasteiger partial charge in [0, 0.05) is 5.54 Å². The van der Waals surface area contributed by atoms with Crippen LogP contribution in [0.5, 0.6) is 0 Å². The summed E-state index contributed by atoms with van der Waals surface area (Å²) >= 11 is 0. The molecule has 0 radical (unpaired) electrons. The van der Waals surface area contributed by atoms with Gasteiger partial charge in [0.1, 0.15) is 10.7 Å². The Morgan fingerprint density at radius 2 is 2.19 bits per heavy atom. The van der Waals surface area contributed by atoms with Crippen molar-refractivity contribution in [3.63, 3.8) is 0 Å². The van der Waals surface area contributed by atoms with Crippen molar-refractivity contribution < 1.29 is 14.4 Å². The Morgan fingerprint density at radius 3 is 2.62 bits per heavy atom. The number of aliphatic hydroxyl groups excluding tert-OH is 1. The molecule has 0 spiro atoms. The van der Waals surface area contributed by atoms with Gasteiger partial charge >= 0.3 is 5.88 Å². The van der Waals surface area contributed by atoms with Gasteiger partial charge in [-0.15, -0.1) is 0 Å². The first-order valence-corrected chi connectivity index (χ1v) is 4.92. The summed E-state index contributed by atoms with van der Waals surface area (Å²) in [5.74, 6) is 0.251. The van der Waals surface area contributed by atoms with Gasteiger partial charge in [0.2, 0.25) is 0 Å². The molecule has 6 nitrogen and oxygen atoms in total. The second-order valence-electron chi connectivity index (χ2n) is 4.32. The molecule has 0 saturated carbocycles. The van der Waals surface area contributed by atoms with Gasteiger partial charge in [0.05, 0.1) is 19.2 Å². The van der Waals surface area contributed by atoms with Crippen LogP contribution in [-0.2, 0) is 6.54 Å². The highest BCUT2D eigenvalue weighted by Gasteiger charge is 2.24. The summed E-state index contributed by atoms with van der Waals surface area (Å²) in [6.07, 6.45) is 0. The lowest BCUT2D eigenvalue weighted by atomic mass is 10.1. The minimum atomic E-state index is -0.569. The smallest absolute Gasteiger partial charge is 0.404 e. The largest absolute Gasteiger partial charge is 0.433 e. The molecule has 0 aliphatic heterocycles. The lowest BCUT2D eigenvalue weighted by Crippen LogP contribution is -2.43. The van der Waals surface area contributed by atoms with Gasteiger partial charge in [0.15, 0.2) is 0 Å². The molecule has 0 unspecified atom stereocenters. The average molecular weight is 228 g/mol. The van der Waals surface area contributed by atoms with Crippen LogP contribution >= 0.6 is 0 Å². The van der Waals surface area contributed by atoms with Gasteiger partial charge in [-0.05, 0) is 27.0 Å². The predicted octanol–water partition coefficient (Wildman–Crippen LogP) is 1.39. The minimum Gasteiger partial charge on any atom is -0.404 e. The zero-order valence-electron chi connectivity index (χ0n) is 9.64. The molecule has 0 amide bonds. The molecule has 1 N–H and O–H groups in total. The number of rotatable bonds is 5. The van der Waals surface area contributed by atoms with E-state index in [0.717, 1.165) is 0 Å². The van der Waals surface area contributed by atoms with Crippen LogP contribution in [-0.4, -0.2) is 34.1 Å². The van der Waals surface area contributed by atoms with Crippen LogP contribution < -0.4 is 0 Å². The quantitative estimate of drug-likeness (QED) is 0.608. The Labute approximate surface area is 93.6 Å². The van der Waals surface area contributed by atoms with Crippen molar-refractivity contribution in [2.45, 2.75) is 25.9 Å². The molecule has 1 rings (SSSR count). The summed E-state index contributed by atoms with van der Waals surface area (Å²) in [4.78, 5) is 11.7. The maximum absolute atomic E-state index is 10.4. The van der Waals surface area contributed by atoms with E-state index in [2.05, 4.69) is 0 Å². The standard InChI is InChI=1S/C10H16N2O4/c1-10(2,7-13)11(3)6-8-4-5-9(16-8)12(14)15/h4-5,13H,6-7H2,1-3H3. The third-order valence-corrected chi connectivity index (χ3v) is 2.64. The second-order valence-corrected chi connectivity index (χ2v) is 4.32. The Morgan fingerprint density at radius 1 is 1.56 bits per heavy atom. The first-order chi connectivity index (χ1) is 7.36. The average Bonchev–Trinajstić information content (AvgIpc) is 2.66. The van der Waals surface area contributed by atoms with Crippen molar-refractivity contribution in [1.29, 1.82) is 0 Å². The number of nitrogens with zero attached hydrogens (tertiary/aromatic N) is 2. The summed E-state index contributed by atoms with van der Waals surface area (Å²) in [5, 5.41) is 19.6. The van der Waals surface area contributed by atoms with Crippen LogP contribution in [0.4, 0.5) is 5.88 Å². The summed E-state index contributed by atoms with van der Waals surface area (Å²) in [6, 6.07) is 2.90. The molecule has 6 heteroatoms. The number of nitro groups is 1. The lowest BCUT2D eigenvalue weighted by Gasteiger charge is -2.32. The van der Waals surface area contributed by atoms with Crippen LogP contribution in [0.25, 0.3) is 0 Å². The van der Waals surface area contributed by atoms with E-state index in [1.165, 1.54) is 6.07 Å².